The Bertz CT molecular complexity index is 611. The number of sulfonamides is 1. The van der Waals surface area contributed by atoms with E-state index in [0.717, 1.165) is 24.3 Å². The van der Waals surface area contributed by atoms with Crippen molar-refractivity contribution in [3.05, 3.63) is 14.7 Å². The molecule has 1 aromatic heterocycles. The van der Waals surface area contributed by atoms with Crippen molar-refractivity contribution in [3.63, 3.8) is 0 Å². The minimum absolute atomic E-state index is 0.0723. The molecule has 2 N–H and O–H groups in total. The highest BCUT2D eigenvalue weighted by atomic mass is 79.9. The molecule has 0 bridgehead atoms. The van der Waals surface area contributed by atoms with Crippen LogP contribution in [-0.2, 0) is 14.8 Å². The second-order valence-corrected chi connectivity index (χ2v) is 8.83. The number of methoxy groups -OCH3 is 1. The standard InChI is InChI=1S/C12H17BrN2O4S2/c1-19-12(16)9-7-10(11(13)20-9)21(17,18)15-6-2-5-14-8-3-4-8/h7-8,14-15H,2-6H2,1H3. The van der Waals surface area contributed by atoms with Crippen LogP contribution in [0.15, 0.2) is 14.7 Å². The van der Waals surface area contributed by atoms with Gasteiger partial charge in [-0.2, -0.15) is 0 Å². The first-order valence-corrected chi connectivity index (χ1v) is 9.64. The molecule has 21 heavy (non-hydrogen) atoms. The minimum atomic E-state index is -3.62. The fourth-order valence-electron chi connectivity index (χ4n) is 1.70. The summed E-state index contributed by atoms with van der Waals surface area (Å²) < 4.78 is 31.9. The molecule has 1 aliphatic carbocycles. The van der Waals surface area contributed by atoms with Gasteiger partial charge < -0.3 is 10.1 Å². The van der Waals surface area contributed by atoms with Crippen LogP contribution in [0.4, 0.5) is 0 Å². The second kappa shape index (κ2) is 7.19. The van der Waals surface area contributed by atoms with Crippen LogP contribution >= 0.6 is 27.3 Å². The van der Waals surface area contributed by atoms with Crippen LogP contribution in [0, 0.1) is 0 Å². The van der Waals surface area contributed by atoms with Crippen LogP contribution in [-0.4, -0.2) is 40.6 Å². The Morgan fingerprint density at radius 1 is 1.48 bits per heavy atom. The molecule has 1 aromatic rings. The maximum atomic E-state index is 12.2. The first-order valence-electron chi connectivity index (χ1n) is 6.54. The Balaban J connectivity index is 1.91. The highest BCUT2D eigenvalue weighted by Crippen LogP contribution is 2.31. The Morgan fingerprint density at radius 2 is 2.19 bits per heavy atom. The maximum absolute atomic E-state index is 12.2. The Hall–Kier alpha value is -0.480. The molecule has 0 spiro atoms. The highest BCUT2D eigenvalue weighted by molar-refractivity contribution is 9.11. The number of esters is 1. The van der Waals surface area contributed by atoms with Gasteiger partial charge >= 0.3 is 5.97 Å². The summed E-state index contributed by atoms with van der Waals surface area (Å²) in [5.41, 5.74) is 0. The first kappa shape index (κ1) is 16.9. The molecule has 0 aromatic carbocycles. The lowest BCUT2D eigenvalue weighted by Crippen LogP contribution is -2.28. The van der Waals surface area contributed by atoms with Gasteiger partial charge in [-0.25, -0.2) is 17.9 Å². The quantitative estimate of drug-likeness (QED) is 0.516. The van der Waals surface area contributed by atoms with Crippen LogP contribution < -0.4 is 10.0 Å². The summed E-state index contributed by atoms with van der Waals surface area (Å²) >= 11 is 4.22. The van der Waals surface area contributed by atoms with E-state index in [1.54, 1.807) is 0 Å². The molecule has 0 atom stereocenters. The fraction of sp³-hybridized carbons (Fsp3) is 0.583. The number of halogens is 1. The lowest BCUT2D eigenvalue weighted by molar-refractivity contribution is 0.0606. The van der Waals surface area contributed by atoms with Gasteiger partial charge in [0.15, 0.2) is 0 Å². The monoisotopic (exact) mass is 396 g/mol. The number of ether oxygens (including phenoxy) is 1. The van der Waals surface area contributed by atoms with E-state index in [9.17, 15) is 13.2 Å². The summed E-state index contributed by atoms with van der Waals surface area (Å²) in [6.07, 6.45) is 3.15. The second-order valence-electron chi connectivity index (χ2n) is 4.72. The van der Waals surface area contributed by atoms with Gasteiger partial charge in [0.25, 0.3) is 0 Å². The van der Waals surface area contributed by atoms with Gasteiger partial charge in [0.2, 0.25) is 10.0 Å². The average molecular weight is 397 g/mol. The van der Waals surface area contributed by atoms with Crippen molar-refractivity contribution >= 4 is 43.3 Å². The maximum Gasteiger partial charge on any atom is 0.348 e. The van der Waals surface area contributed by atoms with E-state index >= 15 is 0 Å². The van der Waals surface area contributed by atoms with Crippen LogP contribution in [0.1, 0.15) is 28.9 Å². The molecule has 0 unspecified atom stereocenters. The third-order valence-electron chi connectivity index (χ3n) is 2.99. The third-order valence-corrected chi connectivity index (χ3v) is 6.68. The number of carbonyl (C=O) groups is 1. The van der Waals surface area contributed by atoms with Crippen LogP contribution in [0.3, 0.4) is 0 Å². The smallest absolute Gasteiger partial charge is 0.348 e. The summed E-state index contributed by atoms with van der Waals surface area (Å²) in [5.74, 6) is -0.546. The SMILES string of the molecule is COC(=O)c1cc(S(=O)(=O)NCCCNC2CC2)c(Br)s1. The topological polar surface area (TPSA) is 84.5 Å². The summed E-state index contributed by atoms with van der Waals surface area (Å²) in [5, 5.41) is 3.32. The van der Waals surface area contributed by atoms with Crippen molar-refractivity contribution in [2.45, 2.75) is 30.2 Å². The van der Waals surface area contributed by atoms with Gasteiger partial charge in [-0.15, -0.1) is 11.3 Å². The van der Waals surface area contributed by atoms with Crippen molar-refractivity contribution in [2.75, 3.05) is 20.2 Å². The Morgan fingerprint density at radius 3 is 2.81 bits per heavy atom. The van der Waals surface area contributed by atoms with E-state index in [0.29, 0.717) is 16.4 Å². The molecular weight excluding hydrogens is 380 g/mol. The molecule has 1 fully saturated rings. The number of hydrogen-bond acceptors (Lipinski definition) is 6. The fourth-order valence-corrected chi connectivity index (χ4v) is 5.26. The lowest BCUT2D eigenvalue weighted by atomic mass is 10.4. The molecule has 1 aliphatic rings. The van der Waals surface area contributed by atoms with Gasteiger partial charge in [0, 0.05) is 12.6 Å². The highest BCUT2D eigenvalue weighted by Gasteiger charge is 2.23. The molecule has 0 amide bonds. The molecule has 1 saturated carbocycles. The molecule has 6 nitrogen and oxygen atoms in total. The largest absolute Gasteiger partial charge is 0.465 e. The zero-order valence-electron chi connectivity index (χ0n) is 11.5. The summed E-state index contributed by atoms with van der Waals surface area (Å²) in [6.45, 7) is 1.16. The third kappa shape index (κ3) is 4.75. The minimum Gasteiger partial charge on any atom is -0.465 e. The van der Waals surface area contributed by atoms with E-state index in [4.69, 9.17) is 0 Å². The van der Waals surface area contributed by atoms with Gasteiger partial charge in [-0.05, 0) is 47.8 Å². The zero-order chi connectivity index (χ0) is 15.5. The first-order chi connectivity index (χ1) is 9.94. The predicted molar refractivity (Wildman–Crippen MR) is 84.2 cm³/mol. The van der Waals surface area contributed by atoms with Crippen LogP contribution in [0.2, 0.25) is 0 Å². The molecular formula is C12H17BrN2O4S2. The molecule has 0 aliphatic heterocycles. The number of thiophene rings is 1. The Labute approximate surface area is 136 Å². The molecule has 1 heterocycles. The van der Waals surface area contributed by atoms with Crippen molar-refractivity contribution in [3.8, 4) is 0 Å². The lowest BCUT2D eigenvalue weighted by Gasteiger charge is -2.06. The summed E-state index contributed by atoms with van der Waals surface area (Å²) in [4.78, 5) is 11.7. The van der Waals surface area contributed by atoms with E-state index in [2.05, 4.69) is 30.7 Å². The van der Waals surface area contributed by atoms with Gasteiger partial charge in [0.05, 0.1) is 10.9 Å². The number of carbonyl (C=O) groups excluding carboxylic acids is 1. The van der Waals surface area contributed by atoms with E-state index < -0.39 is 16.0 Å². The van der Waals surface area contributed by atoms with E-state index in [1.807, 2.05) is 0 Å². The average Bonchev–Trinajstić information content (AvgIpc) is 3.17. The molecule has 118 valence electrons. The number of rotatable bonds is 8. The van der Waals surface area contributed by atoms with Crippen LogP contribution in [0.25, 0.3) is 0 Å². The molecule has 0 saturated heterocycles. The summed E-state index contributed by atoms with van der Waals surface area (Å²) in [7, 11) is -2.36. The predicted octanol–water partition coefficient (Wildman–Crippen LogP) is 1.72. The van der Waals surface area contributed by atoms with Gasteiger partial charge in [0.1, 0.15) is 9.77 Å². The van der Waals surface area contributed by atoms with Crippen molar-refractivity contribution in [1.82, 2.24) is 10.0 Å². The van der Waals surface area contributed by atoms with Crippen molar-refractivity contribution < 1.29 is 17.9 Å². The number of hydrogen-bond donors (Lipinski definition) is 2. The van der Waals surface area contributed by atoms with E-state index in [1.165, 1.54) is 26.0 Å². The molecule has 9 heteroatoms. The van der Waals surface area contributed by atoms with Crippen molar-refractivity contribution in [1.29, 1.82) is 0 Å². The zero-order valence-corrected chi connectivity index (χ0v) is 14.7. The van der Waals surface area contributed by atoms with Crippen LogP contribution in [0.5, 0.6) is 0 Å². The van der Waals surface area contributed by atoms with Gasteiger partial charge in [-0.1, -0.05) is 0 Å². The normalized spacial score (nSPS) is 15.1. The Kier molecular flexibility index (Phi) is 5.78. The van der Waals surface area contributed by atoms with E-state index in [-0.39, 0.29) is 9.77 Å². The van der Waals surface area contributed by atoms with Crippen molar-refractivity contribution in [2.24, 2.45) is 0 Å². The summed E-state index contributed by atoms with van der Waals surface area (Å²) in [6, 6.07) is 1.95. The molecule has 2 rings (SSSR count). The molecule has 0 radical (unpaired) electrons. The van der Waals surface area contributed by atoms with Gasteiger partial charge in [-0.3, -0.25) is 0 Å². The number of nitrogens with one attached hydrogen (secondary N) is 2.